The maximum Gasteiger partial charge on any atom is 0.314 e. The monoisotopic (exact) mass is 254 g/mol. The number of carboxylic acids is 1. The normalized spacial score (nSPS) is 18.9. The lowest BCUT2D eigenvalue weighted by atomic mass is 9.69. The van der Waals surface area contributed by atoms with Gasteiger partial charge in [0.25, 0.3) is 0 Å². The highest BCUT2D eigenvalue weighted by molar-refractivity contribution is 6.31. The average Bonchev–Trinajstić information content (AvgIpc) is 2.29. The average molecular weight is 255 g/mol. The Morgan fingerprint density at radius 2 is 1.88 bits per heavy atom. The molecule has 1 aliphatic rings. The van der Waals surface area contributed by atoms with Crippen molar-refractivity contribution in [3.8, 4) is 5.75 Å². The van der Waals surface area contributed by atoms with E-state index in [1.54, 1.807) is 6.07 Å². The third-order valence-corrected chi connectivity index (χ3v) is 3.90. The summed E-state index contributed by atoms with van der Waals surface area (Å²) in [6.45, 7) is 0. The van der Waals surface area contributed by atoms with Gasteiger partial charge in [0.1, 0.15) is 5.75 Å². The van der Waals surface area contributed by atoms with Gasteiger partial charge < -0.3 is 10.2 Å². The highest BCUT2D eigenvalue weighted by Gasteiger charge is 2.42. The van der Waals surface area contributed by atoms with Crippen LogP contribution < -0.4 is 0 Å². The number of carboxylic acid groups (broad SMARTS) is 1. The molecule has 1 aromatic rings. The van der Waals surface area contributed by atoms with Crippen molar-refractivity contribution in [2.24, 2.45) is 0 Å². The molecule has 0 atom stereocenters. The fraction of sp³-hybridized carbons (Fsp3) is 0.462. The maximum atomic E-state index is 11.6. The van der Waals surface area contributed by atoms with Crippen molar-refractivity contribution in [2.75, 3.05) is 0 Å². The van der Waals surface area contributed by atoms with Gasteiger partial charge in [-0.15, -0.1) is 0 Å². The SMILES string of the molecule is O=C(O)C1(c2ccc(O)cc2Cl)CCCCC1. The summed E-state index contributed by atoms with van der Waals surface area (Å²) in [6, 6.07) is 4.55. The second-order valence-corrected chi connectivity index (χ2v) is 5.02. The second kappa shape index (κ2) is 4.57. The number of aromatic hydroxyl groups is 1. The van der Waals surface area contributed by atoms with Crippen LogP contribution in [0.1, 0.15) is 37.7 Å². The van der Waals surface area contributed by atoms with E-state index in [1.165, 1.54) is 12.1 Å². The van der Waals surface area contributed by atoms with Gasteiger partial charge in [0, 0.05) is 5.02 Å². The molecule has 2 N–H and O–H groups in total. The number of hydrogen-bond acceptors (Lipinski definition) is 2. The van der Waals surface area contributed by atoms with Gasteiger partial charge in [0.2, 0.25) is 0 Å². The predicted octanol–water partition coefficient (Wildman–Crippen LogP) is 3.33. The second-order valence-electron chi connectivity index (χ2n) is 4.61. The molecule has 1 saturated carbocycles. The molecule has 0 amide bonds. The number of aliphatic carboxylic acids is 1. The molecule has 0 aromatic heterocycles. The van der Waals surface area contributed by atoms with Gasteiger partial charge in [-0.05, 0) is 30.5 Å². The number of hydrogen-bond donors (Lipinski definition) is 2. The van der Waals surface area contributed by atoms with Gasteiger partial charge in [-0.3, -0.25) is 4.79 Å². The molecule has 1 aromatic carbocycles. The van der Waals surface area contributed by atoms with Crippen LogP contribution >= 0.6 is 11.6 Å². The molecule has 17 heavy (non-hydrogen) atoms. The largest absolute Gasteiger partial charge is 0.508 e. The lowest BCUT2D eigenvalue weighted by Gasteiger charge is -2.34. The van der Waals surface area contributed by atoms with Crippen molar-refractivity contribution >= 4 is 17.6 Å². The first-order valence-electron chi connectivity index (χ1n) is 5.79. The zero-order chi connectivity index (χ0) is 12.5. The number of phenols is 1. The Balaban J connectivity index is 2.49. The molecular weight excluding hydrogens is 240 g/mol. The summed E-state index contributed by atoms with van der Waals surface area (Å²) >= 11 is 6.07. The van der Waals surface area contributed by atoms with Crippen molar-refractivity contribution in [3.05, 3.63) is 28.8 Å². The lowest BCUT2D eigenvalue weighted by Crippen LogP contribution is -2.38. The molecule has 0 radical (unpaired) electrons. The molecule has 3 nitrogen and oxygen atoms in total. The first-order chi connectivity index (χ1) is 8.06. The van der Waals surface area contributed by atoms with Gasteiger partial charge in [0.05, 0.1) is 5.41 Å². The van der Waals surface area contributed by atoms with Crippen LogP contribution in [-0.4, -0.2) is 16.2 Å². The summed E-state index contributed by atoms with van der Waals surface area (Å²) in [5, 5.41) is 19.2. The van der Waals surface area contributed by atoms with Gasteiger partial charge in [-0.1, -0.05) is 36.9 Å². The third-order valence-electron chi connectivity index (χ3n) is 3.58. The smallest absolute Gasteiger partial charge is 0.314 e. The Labute approximate surface area is 105 Å². The minimum Gasteiger partial charge on any atom is -0.508 e. The Hall–Kier alpha value is -1.22. The van der Waals surface area contributed by atoms with Crippen LogP contribution in [0.4, 0.5) is 0 Å². The van der Waals surface area contributed by atoms with Crippen LogP contribution in [0.25, 0.3) is 0 Å². The molecule has 0 heterocycles. The van der Waals surface area contributed by atoms with E-state index >= 15 is 0 Å². The van der Waals surface area contributed by atoms with Gasteiger partial charge in [-0.2, -0.15) is 0 Å². The van der Waals surface area contributed by atoms with Crippen LogP contribution in [-0.2, 0) is 10.2 Å². The molecule has 0 unspecified atom stereocenters. The van der Waals surface area contributed by atoms with E-state index in [9.17, 15) is 15.0 Å². The fourth-order valence-electron chi connectivity index (χ4n) is 2.65. The van der Waals surface area contributed by atoms with Gasteiger partial charge in [-0.25, -0.2) is 0 Å². The zero-order valence-electron chi connectivity index (χ0n) is 9.45. The van der Waals surface area contributed by atoms with Crippen molar-refractivity contribution in [2.45, 2.75) is 37.5 Å². The first kappa shape index (κ1) is 12.2. The first-order valence-corrected chi connectivity index (χ1v) is 6.16. The topological polar surface area (TPSA) is 57.5 Å². The molecule has 2 rings (SSSR count). The van der Waals surface area contributed by atoms with Crippen molar-refractivity contribution in [1.82, 2.24) is 0 Å². The Kier molecular flexibility index (Phi) is 3.29. The van der Waals surface area contributed by atoms with Crippen molar-refractivity contribution in [1.29, 1.82) is 0 Å². The number of halogens is 1. The summed E-state index contributed by atoms with van der Waals surface area (Å²) in [5.41, 5.74) is -0.243. The molecular formula is C13H15ClO3. The van der Waals surface area contributed by atoms with E-state index in [-0.39, 0.29) is 5.75 Å². The van der Waals surface area contributed by atoms with E-state index in [0.717, 1.165) is 19.3 Å². The van der Waals surface area contributed by atoms with Gasteiger partial charge in [0.15, 0.2) is 0 Å². The van der Waals surface area contributed by atoms with Crippen LogP contribution in [0.2, 0.25) is 5.02 Å². The summed E-state index contributed by atoms with van der Waals surface area (Å²) < 4.78 is 0. The standard InChI is InChI=1S/C13H15ClO3/c14-11-8-9(15)4-5-10(11)13(12(16)17)6-2-1-3-7-13/h4-5,8,15H,1-3,6-7H2,(H,16,17). The Morgan fingerprint density at radius 1 is 1.24 bits per heavy atom. The molecule has 1 fully saturated rings. The predicted molar refractivity (Wildman–Crippen MR) is 65.5 cm³/mol. The Bertz CT molecular complexity index is 436. The number of carbonyl (C=O) groups is 1. The molecule has 1 aliphatic carbocycles. The maximum absolute atomic E-state index is 11.6. The van der Waals surface area contributed by atoms with Crippen molar-refractivity contribution in [3.63, 3.8) is 0 Å². The summed E-state index contributed by atoms with van der Waals surface area (Å²) in [7, 11) is 0. The van der Waals surface area contributed by atoms with E-state index in [0.29, 0.717) is 23.4 Å². The van der Waals surface area contributed by atoms with Crippen molar-refractivity contribution < 1.29 is 15.0 Å². The summed E-state index contributed by atoms with van der Waals surface area (Å²) in [5.74, 6) is -0.750. The number of rotatable bonds is 2. The van der Waals surface area contributed by atoms with Gasteiger partial charge >= 0.3 is 5.97 Å². The van der Waals surface area contributed by atoms with E-state index in [4.69, 9.17) is 11.6 Å². The minimum absolute atomic E-state index is 0.0649. The van der Waals surface area contributed by atoms with Crippen LogP contribution in [0, 0.1) is 0 Å². The van der Waals surface area contributed by atoms with E-state index < -0.39 is 11.4 Å². The third kappa shape index (κ3) is 2.12. The molecule has 0 saturated heterocycles. The molecule has 0 aliphatic heterocycles. The zero-order valence-corrected chi connectivity index (χ0v) is 10.2. The summed E-state index contributed by atoms with van der Waals surface area (Å²) in [6.07, 6.45) is 4.12. The highest BCUT2D eigenvalue weighted by atomic mass is 35.5. The quantitative estimate of drug-likeness (QED) is 0.851. The van der Waals surface area contributed by atoms with E-state index in [2.05, 4.69) is 0 Å². The van der Waals surface area contributed by atoms with Crippen LogP contribution in [0.15, 0.2) is 18.2 Å². The number of phenolic OH excluding ortho intramolecular Hbond substituents is 1. The molecule has 0 spiro atoms. The highest BCUT2D eigenvalue weighted by Crippen LogP contribution is 2.43. The fourth-order valence-corrected chi connectivity index (χ4v) is 3.00. The molecule has 0 bridgehead atoms. The van der Waals surface area contributed by atoms with Crippen LogP contribution in [0.5, 0.6) is 5.75 Å². The Morgan fingerprint density at radius 3 is 2.41 bits per heavy atom. The number of benzene rings is 1. The van der Waals surface area contributed by atoms with Crippen LogP contribution in [0.3, 0.4) is 0 Å². The summed E-state index contributed by atoms with van der Waals surface area (Å²) in [4.78, 5) is 11.6. The molecule has 92 valence electrons. The molecule has 4 heteroatoms. The minimum atomic E-state index is -0.872. The lowest BCUT2D eigenvalue weighted by molar-refractivity contribution is -0.145. The van der Waals surface area contributed by atoms with E-state index in [1.807, 2.05) is 0 Å².